The molecule has 0 N–H and O–H groups in total. The van der Waals surface area contributed by atoms with E-state index in [0.717, 1.165) is 41.9 Å². The van der Waals surface area contributed by atoms with E-state index in [9.17, 15) is 0 Å². The molecule has 6 atom stereocenters. The van der Waals surface area contributed by atoms with Crippen LogP contribution in [0.15, 0.2) is 127 Å². The van der Waals surface area contributed by atoms with Gasteiger partial charge in [-0.2, -0.15) is 0 Å². The van der Waals surface area contributed by atoms with Gasteiger partial charge in [-0.05, 0) is 160 Å². The number of ether oxygens (including phenoxy) is 3. The molecule has 0 spiro atoms. The van der Waals surface area contributed by atoms with Crippen molar-refractivity contribution in [2.24, 2.45) is 11.8 Å². The van der Waals surface area contributed by atoms with Crippen LogP contribution in [0.25, 0.3) is 21.5 Å². The van der Waals surface area contributed by atoms with Crippen LogP contribution in [0.3, 0.4) is 0 Å². The van der Waals surface area contributed by atoms with Crippen molar-refractivity contribution in [3.63, 3.8) is 0 Å². The van der Waals surface area contributed by atoms with Crippen molar-refractivity contribution >= 4 is 21.5 Å². The van der Waals surface area contributed by atoms with E-state index in [1.54, 1.807) is 7.11 Å². The Hall–Kier alpha value is -4.76. The van der Waals surface area contributed by atoms with E-state index in [2.05, 4.69) is 141 Å². The van der Waals surface area contributed by atoms with Crippen LogP contribution in [-0.4, -0.2) is 13.2 Å². The summed E-state index contributed by atoms with van der Waals surface area (Å²) in [5.74, 6) is 5.73. The van der Waals surface area contributed by atoms with Gasteiger partial charge >= 0.3 is 0 Å². The molecule has 6 aromatic rings. The van der Waals surface area contributed by atoms with Crippen molar-refractivity contribution in [2.45, 2.75) is 82.8 Å². The fourth-order valence-electron chi connectivity index (χ4n) is 8.87. The second kappa shape index (κ2) is 14.8. The highest BCUT2D eigenvalue weighted by Gasteiger charge is 2.41. The summed E-state index contributed by atoms with van der Waals surface area (Å²) in [7, 11) is 1.73. The number of benzene rings is 6. The van der Waals surface area contributed by atoms with Gasteiger partial charge < -0.3 is 14.2 Å². The molecule has 3 heteroatoms. The van der Waals surface area contributed by atoms with E-state index in [0.29, 0.717) is 30.5 Å². The Labute approximate surface area is 303 Å². The van der Waals surface area contributed by atoms with E-state index in [-0.39, 0.29) is 0 Å². The van der Waals surface area contributed by atoms with Gasteiger partial charge in [0.05, 0.1) is 7.11 Å². The number of fused-ring (bicyclic) bond motifs is 4. The van der Waals surface area contributed by atoms with Crippen LogP contribution in [0.5, 0.6) is 17.2 Å². The summed E-state index contributed by atoms with van der Waals surface area (Å²) in [4.78, 5) is 0. The highest BCUT2D eigenvalue weighted by atomic mass is 16.5. The minimum atomic E-state index is 0.405. The van der Waals surface area contributed by atoms with Gasteiger partial charge in [-0.1, -0.05) is 92.7 Å². The maximum atomic E-state index is 6.54. The summed E-state index contributed by atoms with van der Waals surface area (Å²) in [6.45, 7) is 5.28. The molecule has 0 aromatic heterocycles. The molecule has 2 aliphatic carbocycles. The van der Waals surface area contributed by atoms with Gasteiger partial charge in [0.1, 0.15) is 30.0 Å². The molecule has 2 bridgehead atoms. The predicted molar refractivity (Wildman–Crippen MR) is 210 cm³/mol. The largest absolute Gasteiger partial charge is 0.497 e. The molecule has 2 saturated carbocycles. The minimum absolute atomic E-state index is 0.405. The molecule has 6 aromatic carbocycles. The van der Waals surface area contributed by atoms with Crippen LogP contribution < -0.4 is 14.2 Å². The van der Waals surface area contributed by atoms with Crippen molar-refractivity contribution in [3.05, 3.63) is 150 Å². The molecule has 0 amide bonds. The molecule has 0 saturated heterocycles. The normalized spacial score (nSPS) is 19.9. The molecule has 8 rings (SSSR count). The fourth-order valence-corrected chi connectivity index (χ4v) is 8.87. The smallest absolute Gasteiger partial charge is 0.120 e. The van der Waals surface area contributed by atoms with Gasteiger partial charge in [-0.3, -0.25) is 0 Å². The zero-order chi connectivity index (χ0) is 34.7. The van der Waals surface area contributed by atoms with Crippen LogP contribution in [0.2, 0.25) is 0 Å². The highest BCUT2D eigenvalue weighted by molar-refractivity contribution is 5.98. The van der Waals surface area contributed by atoms with Gasteiger partial charge in [-0.15, -0.1) is 0 Å². The number of hydrogen-bond donors (Lipinski definition) is 0. The summed E-state index contributed by atoms with van der Waals surface area (Å²) in [5, 5.41) is 4.95. The highest BCUT2D eigenvalue weighted by Crippen LogP contribution is 2.46. The monoisotopic (exact) mass is 674 g/mol. The van der Waals surface area contributed by atoms with Crippen LogP contribution in [0, 0.1) is 11.8 Å². The average molecular weight is 675 g/mol. The Morgan fingerprint density at radius 2 is 1.16 bits per heavy atom. The first-order chi connectivity index (χ1) is 25.0. The van der Waals surface area contributed by atoms with Gasteiger partial charge in [0, 0.05) is 0 Å². The Morgan fingerprint density at radius 1 is 0.569 bits per heavy atom. The van der Waals surface area contributed by atoms with Crippen molar-refractivity contribution in [2.75, 3.05) is 7.11 Å². The zero-order valence-electron chi connectivity index (χ0n) is 30.3. The Bertz CT molecular complexity index is 2060. The van der Waals surface area contributed by atoms with E-state index < -0.39 is 0 Å². The summed E-state index contributed by atoms with van der Waals surface area (Å²) in [5.41, 5.74) is 5.31. The summed E-state index contributed by atoms with van der Waals surface area (Å²) < 4.78 is 18.3. The molecule has 2 aliphatic rings. The quantitative estimate of drug-likeness (QED) is 0.114. The minimum Gasteiger partial charge on any atom is -0.497 e. The molecular formula is C48H50O3. The first-order valence-electron chi connectivity index (χ1n) is 19.0. The maximum Gasteiger partial charge on any atom is 0.120 e. The van der Waals surface area contributed by atoms with Crippen molar-refractivity contribution < 1.29 is 14.2 Å². The third-order valence-corrected chi connectivity index (χ3v) is 11.9. The molecule has 0 aliphatic heterocycles. The number of hydrogen-bond acceptors (Lipinski definition) is 3. The van der Waals surface area contributed by atoms with Gasteiger partial charge in [0.25, 0.3) is 0 Å². The summed E-state index contributed by atoms with van der Waals surface area (Å²) in [6.07, 6.45) is 7.90. The molecular weight excluding hydrogens is 625 g/mol. The maximum absolute atomic E-state index is 6.54. The molecule has 0 heterocycles. The Kier molecular flexibility index (Phi) is 9.72. The zero-order valence-corrected chi connectivity index (χ0v) is 30.3. The molecule has 3 nitrogen and oxygen atoms in total. The lowest BCUT2D eigenvalue weighted by molar-refractivity contribution is 0.138. The Balaban J connectivity index is 0.938. The second-order valence-corrected chi connectivity index (χ2v) is 15.4. The number of methoxy groups -OCH3 is 1. The lowest BCUT2D eigenvalue weighted by atomic mass is 9.79. The van der Waals surface area contributed by atoms with Crippen molar-refractivity contribution in [1.29, 1.82) is 0 Å². The van der Waals surface area contributed by atoms with Gasteiger partial charge in [-0.25, -0.2) is 0 Å². The van der Waals surface area contributed by atoms with Crippen molar-refractivity contribution in [3.8, 4) is 17.2 Å². The van der Waals surface area contributed by atoms with E-state index >= 15 is 0 Å². The summed E-state index contributed by atoms with van der Waals surface area (Å²) in [6, 6.07) is 46.2. The topological polar surface area (TPSA) is 27.7 Å². The molecule has 6 unspecified atom stereocenters. The Morgan fingerprint density at radius 3 is 1.78 bits per heavy atom. The summed E-state index contributed by atoms with van der Waals surface area (Å²) >= 11 is 0. The standard InChI is InChI=1S/C48H50O3/c1-32(36-11-8-34(9-12-36)31-50-47-23-18-41-28-39-6-4-5-7-40(39)29-44(41)30-47)24-43(25-33(2)37-14-19-45(49-3)20-15-37)38-16-21-46(22-17-38)51-48-27-35-10-13-42(48)26-35/h4-9,11-12,14-23,28-30,32-33,35,42-43,48H,10,13,24-27,31H2,1-3H3. The van der Waals surface area contributed by atoms with E-state index in [4.69, 9.17) is 14.2 Å². The van der Waals surface area contributed by atoms with Crippen LogP contribution >= 0.6 is 0 Å². The van der Waals surface area contributed by atoms with Crippen LogP contribution in [-0.2, 0) is 6.61 Å². The SMILES string of the molecule is COc1ccc(C(C)CC(CC(C)c2ccc(COc3ccc4cc5ccccc5cc4c3)cc2)c2ccc(OC3CC4CCC3C4)cc2)cc1. The second-order valence-electron chi connectivity index (χ2n) is 15.4. The van der Waals surface area contributed by atoms with Crippen molar-refractivity contribution in [1.82, 2.24) is 0 Å². The first-order valence-corrected chi connectivity index (χ1v) is 19.0. The third kappa shape index (κ3) is 7.64. The molecule has 2 fully saturated rings. The molecule has 0 radical (unpaired) electrons. The van der Waals surface area contributed by atoms with Gasteiger partial charge in [0.2, 0.25) is 0 Å². The van der Waals surface area contributed by atoms with E-state index in [1.165, 1.54) is 69.5 Å². The number of rotatable bonds is 13. The molecule has 260 valence electrons. The fraction of sp³-hybridized carbons (Fsp3) is 0.333. The van der Waals surface area contributed by atoms with Crippen LogP contribution in [0.4, 0.5) is 0 Å². The average Bonchev–Trinajstić information content (AvgIpc) is 3.80. The third-order valence-electron chi connectivity index (χ3n) is 11.9. The van der Waals surface area contributed by atoms with E-state index in [1.807, 2.05) is 0 Å². The first kappa shape index (κ1) is 33.4. The molecule has 51 heavy (non-hydrogen) atoms. The van der Waals surface area contributed by atoms with Gasteiger partial charge in [0.15, 0.2) is 0 Å². The lowest BCUT2D eigenvalue weighted by Gasteiger charge is -2.26. The van der Waals surface area contributed by atoms with Crippen LogP contribution in [0.1, 0.15) is 92.4 Å². The lowest BCUT2D eigenvalue weighted by Crippen LogP contribution is -2.23. The predicted octanol–water partition coefficient (Wildman–Crippen LogP) is 12.6.